The maximum absolute atomic E-state index is 8.00. The lowest BCUT2D eigenvalue weighted by Gasteiger charge is -2.25. The van der Waals surface area contributed by atoms with E-state index < -0.39 is 0 Å². The van der Waals surface area contributed by atoms with Gasteiger partial charge in [0, 0.05) is 18.4 Å². The van der Waals surface area contributed by atoms with Crippen LogP contribution in [0.3, 0.4) is 0 Å². The van der Waals surface area contributed by atoms with Crippen LogP contribution < -0.4 is 4.90 Å². The minimum atomic E-state index is 0.792. The number of aryl methyl sites for hydroxylation is 1. The zero-order chi connectivity index (χ0) is 31.9. The van der Waals surface area contributed by atoms with Crippen LogP contribution in [-0.2, 0) is 17.9 Å². The molecule has 3 nitrogen and oxygen atoms in total. The summed E-state index contributed by atoms with van der Waals surface area (Å²) in [7, 11) is 0. The molecule has 1 atom stereocenters. The molecule has 0 saturated carbocycles. The molecule has 1 aromatic heterocycles. The second-order valence-electron chi connectivity index (χ2n) is 11.2. The van der Waals surface area contributed by atoms with Gasteiger partial charge in [0.1, 0.15) is 6.79 Å². The Balaban J connectivity index is 0.000000480. The number of nitrogens with zero attached hydrogens (tertiary/aromatic N) is 2. The summed E-state index contributed by atoms with van der Waals surface area (Å²) in [5, 5.41) is 0. The van der Waals surface area contributed by atoms with Gasteiger partial charge in [-0.2, -0.15) is 0 Å². The molecule has 0 bridgehead atoms. The molecule has 4 rings (SSSR count). The first-order chi connectivity index (χ1) is 20.9. The topological polar surface area (TPSA) is 33.2 Å². The third-order valence-corrected chi connectivity index (χ3v) is 7.12. The molecule has 3 heteroatoms. The molecule has 232 valence electrons. The van der Waals surface area contributed by atoms with Gasteiger partial charge in [-0.3, -0.25) is 4.98 Å². The molecule has 2 aromatic carbocycles. The van der Waals surface area contributed by atoms with E-state index in [4.69, 9.17) is 4.79 Å². The number of benzene rings is 2. The van der Waals surface area contributed by atoms with Crippen molar-refractivity contribution >= 4 is 18.0 Å². The first-order valence-electron chi connectivity index (χ1n) is 16.0. The quantitative estimate of drug-likeness (QED) is 0.239. The Morgan fingerprint density at radius 3 is 2.14 bits per heavy atom. The fourth-order valence-electron chi connectivity index (χ4n) is 4.56. The molecular formula is C40H56N2O. The Morgan fingerprint density at radius 2 is 1.60 bits per heavy atom. The van der Waals surface area contributed by atoms with Gasteiger partial charge in [0.2, 0.25) is 0 Å². The van der Waals surface area contributed by atoms with Crippen LogP contribution in [0.25, 0.3) is 5.57 Å². The van der Waals surface area contributed by atoms with Gasteiger partial charge in [-0.1, -0.05) is 125 Å². The van der Waals surface area contributed by atoms with Gasteiger partial charge in [-0.05, 0) is 86.4 Å². The average Bonchev–Trinajstić information content (AvgIpc) is 3.04. The van der Waals surface area contributed by atoms with Gasteiger partial charge < -0.3 is 9.69 Å². The van der Waals surface area contributed by atoms with Crippen molar-refractivity contribution in [3.05, 3.63) is 125 Å². The highest BCUT2D eigenvalue weighted by molar-refractivity contribution is 5.63. The largest absolute Gasteiger partial charge is 0.361 e. The van der Waals surface area contributed by atoms with Crippen molar-refractivity contribution in [1.82, 2.24) is 4.98 Å². The maximum atomic E-state index is 8.00. The predicted molar refractivity (Wildman–Crippen MR) is 189 cm³/mol. The summed E-state index contributed by atoms with van der Waals surface area (Å²) < 4.78 is 0. The molecule has 1 aliphatic rings. The summed E-state index contributed by atoms with van der Waals surface area (Å²) in [6.45, 7) is 19.0. The number of rotatable bonds is 10. The smallest absolute Gasteiger partial charge is 0.106 e. The number of aromatic nitrogens is 1. The van der Waals surface area contributed by atoms with E-state index in [1.807, 2.05) is 25.1 Å². The van der Waals surface area contributed by atoms with E-state index in [0.29, 0.717) is 0 Å². The molecule has 1 heterocycles. The van der Waals surface area contributed by atoms with Crippen molar-refractivity contribution in [3.8, 4) is 0 Å². The van der Waals surface area contributed by atoms with Crippen molar-refractivity contribution < 1.29 is 4.79 Å². The maximum Gasteiger partial charge on any atom is 0.106 e. The number of hydrogen-bond acceptors (Lipinski definition) is 3. The van der Waals surface area contributed by atoms with Crippen LogP contribution in [0.15, 0.2) is 103 Å². The van der Waals surface area contributed by atoms with Crippen molar-refractivity contribution in [2.24, 2.45) is 5.92 Å². The molecule has 1 aliphatic carbocycles. The van der Waals surface area contributed by atoms with Crippen LogP contribution in [-0.4, -0.2) is 11.8 Å². The Hall–Kier alpha value is -3.72. The van der Waals surface area contributed by atoms with Crippen LogP contribution in [0.1, 0.15) is 102 Å². The first kappa shape index (κ1) is 37.3. The molecule has 0 saturated heterocycles. The van der Waals surface area contributed by atoms with Gasteiger partial charge in [0.25, 0.3) is 0 Å². The van der Waals surface area contributed by atoms with Crippen molar-refractivity contribution in [2.75, 3.05) is 4.90 Å². The average molecular weight is 581 g/mol. The molecule has 0 radical (unpaired) electrons. The van der Waals surface area contributed by atoms with E-state index in [1.54, 1.807) is 5.57 Å². The molecule has 43 heavy (non-hydrogen) atoms. The molecule has 1 unspecified atom stereocenters. The third-order valence-electron chi connectivity index (χ3n) is 7.12. The second-order valence-corrected chi connectivity index (χ2v) is 11.2. The molecule has 0 aliphatic heterocycles. The summed E-state index contributed by atoms with van der Waals surface area (Å²) >= 11 is 0. The molecule has 3 aromatic rings. The summed E-state index contributed by atoms with van der Waals surface area (Å²) in [6.07, 6.45) is 18.5. The Bertz CT molecular complexity index is 1210. The summed E-state index contributed by atoms with van der Waals surface area (Å²) in [6, 6.07) is 23.8. The lowest BCUT2D eigenvalue weighted by molar-refractivity contribution is -0.0980. The number of carbonyl (C=O) groups is 1. The highest BCUT2D eigenvalue weighted by Crippen LogP contribution is 2.22. The predicted octanol–water partition coefficient (Wildman–Crippen LogP) is 11.3. The van der Waals surface area contributed by atoms with Crippen LogP contribution in [0, 0.1) is 12.8 Å². The lowest BCUT2D eigenvalue weighted by atomic mass is 9.95. The minimum Gasteiger partial charge on any atom is -0.361 e. The van der Waals surface area contributed by atoms with Gasteiger partial charge in [0.15, 0.2) is 0 Å². The van der Waals surface area contributed by atoms with Crippen LogP contribution in [0.2, 0.25) is 0 Å². The van der Waals surface area contributed by atoms with Crippen LogP contribution >= 0.6 is 0 Å². The fraction of sp³-hybridized carbons (Fsp3) is 0.400. The Labute approximate surface area is 263 Å². The Morgan fingerprint density at radius 1 is 0.930 bits per heavy atom. The standard InChI is InChI=1S/C25H28N2.C11H18.C3H8.CH2O/c1-4-7-21(3)23-13-11-22(12-14-23)18-27(19-24-8-5-6-17-26-24)25-15-9-20(2)10-16-25;1-3-10(2)9-11-7-5-4-6-8-11;1-3-2;1-2/h5-17H,4,18-19H2,1-3H3;5,7-8,10H,3-4,6,9H2,1-2H3;3H2,1-2H3;1H2. The number of anilines is 1. The highest BCUT2D eigenvalue weighted by atomic mass is 16.1. The number of pyridine rings is 1. The lowest BCUT2D eigenvalue weighted by Crippen LogP contribution is -2.22. The van der Waals surface area contributed by atoms with Crippen molar-refractivity contribution in [3.63, 3.8) is 0 Å². The van der Waals surface area contributed by atoms with Gasteiger partial charge >= 0.3 is 0 Å². The van der Waals surface area contributed by atoms with Gasteiger partial charge in [0.05, 0.1) is 12.2 Å². The molecular weight excluding hydrogens is 524 g/mol. The Kier molecular flexibility index (Phi) is 19.8. The SMILES string of the molecule is C=O.CCC.CCC(C)CC1=CCCC=C1.CCC=C(C)c1ccc(CN(Cc2ccccn2)c2ccc(C)cc2)cc1. The summed E-state index contributed by atoms with van der Waals surface area (Å²) in [4.78, 5) is 14.9. The highest BCUT2D eigenvalue weighted by Gasteiger charge is 2.10. The number of carbonyl (C=O) groups excluding carboxylic acids is 1. The number of hydrogen-bond donors (Lipinski definition) is 0. The van der Waals surface area contributed by atoms with Crippen LogP contribution in [0.5, 0.6) is 0 Å². The van der Waals surface area contributed by atoms with Crippen LogP contribution in [0.4, 0.5) is 5.69 Å². The first-order valence-corrected chi connectivity index (χ1v) is 16.0. The normalized spacial score (nSPS) is 12.7. The zero-order valence-corrected chi connectivity index (χ0v) is 28.0. The molecule has 0 fully saturated rings. The summed E-state index contributed by atoms with van der Waals surface area (Å²) in [5.41, 5.74) is 9.07. The van der Waals surface area contributed by atoms with Crippen molar-refractivity contribution in [2.45, 2.75) is 100 Å². The van der Waals surface area contributed by atoms with Gasteiger partial charge in [-0.15, -0.1) is 0 Å². The molecule has 0 spiro atoms. The fourth-order valence-corrected chi connectivity index (χ4v) is 4.56. The second kappa shape index (κ2) is 22.8. The van der Waals surface area contributed by atoms with Crippen molar-refractivity contribution in [1.29, 1.82) is 0 Å². The summed E-state index contributed by atoms with van der Waals surface area (Å²) in [5.74, 6) is 0.851. The monoisotopic (exact) mass is 580 g/mol. The molecule has 0 amide bonds. The third kappa shape index (κ3) is 15.4. The number of allylic oxidation sites excluding steroid dienone is 6. The van der Waals surface area contributed by atoms with E-state index >= 15 is 0 Å². The zero-order valence-electron chi connectivity index (χ0n) is 28.0. The van der Waals surface area contributed by atoms with Gasteiger partial charge in [-0.25, -0.2) is 0 Å². The minimum absolute atomic E-state index is 0.792. The van der Waals surface area contributed by atoms with E-state index in [0.717, 1.165) is 31.1 Å². The van der Waals surface area contributed by atoms with E-state index in [9.17, 15) is 0 Å². The van der Waals surface area contributed by atoms with E-state index in [1.165, 1.54) is 60.1 Å². The van der Waals surface area contributed by atoms with E-state index in [2.05, 4.69) is 137 Å². The van der Waals surface area contributed by atoms with E-state index in [-0.39, 0.29) is 0 Å². The molecule has 0 N–H and O–H groups in total.